The van der Waals surface area contributed by atoms with Crippen LogP contribution in [0, 0.1) is 0 Å². The number of nitrogens with one attached hydrogen (secondary N) is 4. The highest BCUT2D eigenvalue weighted by atomic mass is 16.5. The lowest BCUT2D eigenvalue weighted by molar-refractivity contribution is -0.136. The van der Waals surface area contributed by atoms with Gasteiger partial charge in [-0.1, -0.05) is 6.07 Å². The summed E-state index contributed by atoms with van der Waals surface area (Å²) in [5.41, 5.74) is 2.15. The third-order valence-corrected chi connectivity index (χ3v) is 7.20. The maximum absolute atomic E-state index is 13.1. The number of fused-ring (bicyclic) bond motifs is 1. The molecule has 13 heteroatoms. The van der Waals surface area contributed by atoms with Crippen molar-refractivity contribution in [2.24, 2.45) is 0 Å². The van der Waals surface area contributed by atoms with E-state index in [1.165, 1.54) is 0 Å². The van der Waals surface area contributed by atoms with Crippen LogP contribution < -0.4 is 21.3 Å². The van der Waals surface area contributed by atoms with Gasteiger partial charge in [0, 0.05) is 62.9 Å². The van der Waals surface area contributed by atoms with Gasteiger partial charge in [-0.3, -0.25) is 39.0 Å². The predicted molar refractivity (Wildman–Crippen MR) is 160 cm³/mol. The van der Waals surface area contributed by atoms with Gasteiger partial charge in [0.15, 0.2) is 0 Å². The number of benzene rings is 2. The van der Waals surface area contributed by atoms with Crippen LogP contribution in [-0.4, -0.2) is 86.4 Å². The number of piperidine rings is 1. The number of rotatable bonds is 18. The van der Waals surface area contributed by atoms with E-state index in [1.54, 1.807) is 42.5 Å². The number of unbranched alkanes of at least 4 members (excludes halogenated alkanes) is 1. The van der Waals surface area contributed by atoms with E-state index in [0.29, 0.717) is 75.7 Å². The number of imide groups is 2. The molecule has 0 saturated carbocycles. The van der Waals surface area contributed by atoms with Gasteiger partial charge in [0.25, 0.3) is 17.7 Å². The lowest BCUT2D eigenvalue weighted by atomic mass is 10.0. The molecule has 0 spiro atoms. The Kier molecular flexibility index (Phi) is 12.0. The average molecular weight is 608 g/mol. The standard InChI is InChI=1S/C31H37N5O8/c37-20-34-22-10-8-21(9-11-22)28(39)33-15-5-19-44-17-2-1-16-43-18-4-14-32-24-7-3-6-23-27(24)31(42)36(30(23)41)25-12-13-26(38)35-29(25)40/h3,6-11,20,25,32H,1-2,4-5,12-19H2,(H,33,39)(H,34,37)(H,35,38,40). The topological polar surface area (TPSA) is 172 Å². The van der Waals surface area contributed by atoms with Crippen molar-refractivity contribution in [1.29, 1.82) is 0 Å². The average Bonchev–Trinajstić information content (AvgIpc) is 3.27. The summed E-state index contributed by atoms with van der Waals surface area (Å²) in [6.07, 6.45) is 3.84. The summed E-state index contributed by atoms with van der Waals surface area (Å²) < 4.78 is 11.3. The number of anilines is 2. The van der Waals surface area contributed by atoms with Gasteiger partial charge in [0.1, 0.15) is 6.04 Å². The second-order valence-electron chi connectivity index (χ2n) is 10.3. The van der Waals surface area contributed by atoms with Crippen molar-refractivity contribution >= 4 is 47.3 Å². The summed E-state index contributed by atoms with van der Waals surface area (Å²) in [4.78, 5) is 73.4. The molecule has 2 aliphatic heterocycles. The summed E-state index contributed by atoms with van der Waals surface area (Å²) in [6, 6.07) is 10.6. The molecule has 4 rings (SSSR count). The molecule has 13 nitrogen and oxygen atoms in total. The van der Waals surface area contributed by atoms with Crippen LogP contribution in [0.15, 0.2) is 42.5 Å². The van der Waals surface area contributed by atoms with Gasteiger partial charge in [-0.25, -0.2) is 0 Å². The van der Waals surface area contributed by atoms with Crippen LogP contribution in [0.3, 0.4) is 0 Å². The minimum atomic E-state index is -0.997. The largest absolute Gasteiger partial charge is 0.384 e. The van der Waals surface area contributed by atoms with Crippen molar-refractivity contribution in [1.82, 2.24) is 15.5 Å². The van der Waals surface area contributed by atoms with E-state index in [4.69, 9.17) is 9.47 Å². The molecule has 0 aromatic heterocycles. The molecule has 0 radical (unpaired) electrons. The van der Waals surface area contributed by atoms with Gasteiger partial charge in [-0.15, -0.1) is 0 Å². The third kappa shape index (κ3) is 8.48. The zero-order chi connectivity index (χ0) is 31.3. The van der Waals surface area contributed by atoms with Gasteiger partial charge < -0.3 is 25.4 Å². The molecule has 1 fully saturated rings. The summed E-state index contributed by atoms with van der Waals surface area (Å²) in [6.45, 7) is 3.28. The predicted octanol–water partition coefficient (Wildman–Crippen LogP) is 2.09. The molecular weight excluding hydrogens is 570 g/mol. The van der Waals surface area contributed by atoms with Crippen LogP contribution >= 0.6 is 0 Å². The smallest absolute Gasteiger partial charge is 0.264 e. The number of hydrogen-bond acceptors (Lipinski definition) is 9. The van der Waals surface area contributed by atoms with Crippen molar-refractivity contribution < 1.29 is 38.2 Å². The maximum atomic E-state index is 13.1. The minimum Gasteiger partial charge on any atom is -0.384 e. The molecule has 0 aliphatic carbocycles. The molecule has 2 aliphatic rings. The fourth-order valence-corrected chi connectivity index (χ4v) is 4.94. The van der Waals surface area contributed by atoms with E-state index in [0.717, 1.165) is 17.7 Å². The molecular formula is C31H37N5O8. The molecule has 1 atom stereocenters. The number of hydrogen-bond donors (Lipinski definition) is 4. The molecule has 6 amide bonds. The summed E-state index contributed by atoms with van der Waals surface area (Å²) in [7, 11) is 0. The zero-order valence-electron chi connectivity index (χ0n) is 24.4. The molecule has 234 valence electrons. The van der Waals surface area contributed by atoms with Gasteiger partial charge in [0.05, 0.1) is 11.1 Å². The lowest BCUT2D eigenvalue weighted by Gasteiger charge is -2.27. The second-order valence-corrected chi connectivity index (χ2v) is 10.3. The van der Waals surface area contributed by atoms with E-state index in [-0.39, 0.29) is 29.9 Å². The summed E-state index contributed by atoms with van der Waals surface area (Å²) in [5.74, 6) is -2.29. The first-order valence-corrected chi connectivity index (χ1v) is 14.7. The zero-order valence-corrected chi connectivity index (χ0v) is 24.4. The normalized spacial score (nSPS) is 16.0. The molecule has 0 bridgehead atoms. The van der Waals surface area contributed by atoms with Crippen molar-refractivity contribution in [3.05, 3.63) is 59.2 Å². The molecule has 2 aromatic carbocycles. The van der Waals surface area contributed by atoms with Crippen LogP contribution in [-0.2, 0) is 23.9 Å². The first-order chi connectivity index (χ1) is 21.4. The number of carbonyl (C=O) groups excluding carboxylic acids is 6. The van der Waals surface area contributed by atoms with E-state index in [9.17, 15) is 28.8 Å². The maximum Gasteiger partial charge on any atom is 0.264 e. The van der Waals surface area contributed by atoms with Crippen molar-refractivity contribution in [3.8, 4) is 0 Å². The Morgan fingerprint density at radius 1 is 0.886 bits per heavy atom. The highest BCUT2D eigenvalue weighted by Crippen LogP contribution is 2.32. The highest BCUT2D eigenvalue weighted by molar-refractivity contribution is 6.25. The van der Waals surface area contributed by atoms with E-state index >= 15 is 0 Å². The second kappa shape index (κ2) is 16.3. The van der Waals surface area contributed by atoms with Crippen molar-refractivity contribution in [3.63, 3.8) is 0 Å². The van der Waals surface area contributed by atoms with Gasteiger partial charge in [-0.05, 0) is 68.5 Å². The quantitative estimate of drug-likeness (QED) is 0.112. The molecule has 4 N–H and O–H groups in total. The SMILES string of the molecule is O=CNc1ccc(C(=O)NCCCOCCCCOCCCNc2cccc3c2C(=O)N(C2CCC(=O)NC2=O)C3=O)cc1. The fraction of sp³-hybridized carbons (Fsp3) is 0.419. The number of nitrogens with zero attached hydrogens (tertiary/aromatic N) is 1. The third-order valence-electron chi connectivity index (χ3n) is 7.20. The van der Waals surface area contributed by atoms with Gasteiger partial charge >= 0.3 is 0 Å². The van der Waals surface area contributed by atoms with Crippen LogP contribution in [0.1, 0.15) is 69.6 Å². The Hall–Kier alpha value is -4.62. The van der Waals surface area contributed by atoms with Crippen molar-refractivity contribution in [2.75, 3.05) is 50.2 Å². The van der Waals surface area contributed by atoms with Crippen LogP contribution in [0.2, 0.25) is 0 Å². The first kappa shape index (κ1) is 32.3. The molecule has 1 saturated heterocycles. The lowest BCUT2D eigenvalue weighted by Crippen LogP contribution is -2.54. The summed E-state index contributed by atoms with van der Waals surface area (Å²) in [5, 5.41) is 10.8. The van der Waals surface area contributed by atoms with Gasteiger partial charge in [0.2, 0.25) is 18.2 Å². The monoisotopic (exact) mass is 607 g/mol. The van der Waals surface area contributed by atoms with E-state index in [2.05, 4.69) is 21.3 Å². The van der Waals surface area contributed by atoms with Crippen molar-refractivity contribution in [2.45, 2.75) is 44.6 Å². The number of ether oxygens (including phenoxy) is 2. The van der Waals surface area contributed by atoms with Gasteiger partial charge in [-0.2, -0.15) is 0 Å². The Labute approximate surface area is 255 Å². The fourth-order valence-electron chi connectivity index (χ4n) is 4.94. The minimum absolute atomic E-state index is 0.0737. The number of amides is 6. The van der Waals surface area contributed by atoms with Crippen LogP contribution in [0.4, 0.5) is 11.4 Å². The van der Waals surface area contributed by atoms with Crippen LogP contribution in [0.5, 0.6) is 0 Å². The Morgan fingerprint density at radius 3 is 2.25 bits per heavy atom. The first-order valence-electron chi connectivity index (χ1n) is 14.7. The summed E-state index contributed by atoms with van der Waals surface area (Å²) >= 11 is 0. The highest BCUT2D eigenvalue weighted by Gasteiger charge is 2.45. The number of carbonyl (C=O) groups is 6. The Morgan fingerprint density at radius 2 is 1.57 bits per heavy atom. The Bertz CT molecular complexity index is 1360. The molecule has 44 heavy (non-hydrogen) atoms. The Balaban J connectivity index is 1.03. The van der Waals surface area contributed by atoms with E-state index < -0.39 is 29.7 Å². The van der Waals surface area contributed by atoms with Crippen LogP contribution in [0.25, 0.3) is 0 Å². The van der Waals surface area contributed by atoms with E-state index in [1.807, 2.05) is 0 Å². The molecule has 2 aromatic rings. The molecule has 1 unspecified atom stereocenters. The molecule has 2 heterocycles.